The van der Waals surface area contributed by atoms with Gasteiger partial charge in [0.05, 0.1) is 13.3 Å². The molecule has 1 aromatic heterocycles. The van der Waals surface area contributed by atoms with Gasteiger partial charge in [-0.1, -0.05) is 12.1 Å². The second kappa shape index (κ2) is 8.57. The minimum absolute atomic E-state index is 0.138. The van der Waals surface area contributed by atoms with E-state index in [4.69, 9.17) is 9.47 Å². The zero-order chi connectivity index (χ0) is 19.2. The Hall–Kier alpha value is -3.03. The molecule has 0 spiro atoms. The van der Waals surface area contributed by atoms with E-state index in [-0.39, 0.29) is 12.5 Å². The Morgan fingerprint density at radius 2 is 1.93 bits per heavy atom. The number of ether oxygens (including phenoxy) is 2. The molecule has 0 saturated carbocycles. The van der Waals surface area contributed by atoms with Gasteiger partial charge in [0.25, 0.3) is 5.91 Å². The predicted octanol–water partition coefficient (Wildman–Crippen LogP) is 2.17. The lowest BCUT2D eigenvalue weighted by molar-refractivity contribution is -0.118. The van der Waals surface area contributed by atoms with Gasteiger partial charge in [-0.25, -0.2) is 4.98 Å². The van der Waals surface area contributed by atoms with Crippen molar-refractivity contribution in [3.05, 3.63) is 30.5 Å². The lowest BCUT2D eigenvalue weighted by Crippen LogP contribution is -2.25. The van der Waals surface area contributed by atoms with Crippen molar-refractivity contribution in [2.45, 2.75) is 12.8 Å². The average Bonchev–Trinajstić information content (AvgIpc) is 3.21. The number of hydrogen-bond donors (Lipinski definition) is 1. The molecule has 1 amide bonds. The van der Waals surface area contributed by atoms with Crippen LogP contribution in [0.1, 0.15) is 12.8 Å². The van der Waals surface area contributed by atoms with E-state index < -0.39 is 0 Å². The fourth-order valence-electron chi connectivity index (χ4n) is 2.93. The lowest BCUT2D eigenvalue weighted by atomic mass is 10.3. The Bertz CT molecular complexity index is 791. The zero-order valence-corrected chi connectivity index (χ0v) is 15.9. The second-order valence-electron chi connectivity index (χ2n) is 6.48. The Labute approximate surface area is 159 Å². The maximum atomic E-state index is 12.3. The number of nitrogens with one attached hydrogen (secondary N) is 1. The summed E-state index contributed by atoms with van der Waals surface area (Å²) in [7, 11) is 5.33. The summed E-state index contributed by atoms with van der Waals surface area (Å²) in [5.41, 5.74) is 0.552. The third-order valence-corrected chi connectivity index (χ3v) is 4.27. The van der Waals surface area contributed by atoms with Crippen LogP contribution in [0.2, 0.25) is 0 Å². The van der Waals surface area contributed by atoms with Crippen molar-refractivity contribution in [3.63, 3.8) is 0 Å². The number of carbonyl (C=O) groups is 1. The Kier molecular flexibility index (Phi) is 5.95. The third-order valence-electron chi connectivity index (χ3n) is 4.27. The number of anilines is 3. The van der Waals surface area contributed by atoms with Gasteiger partial charge in [0, 0.05) is 27.2 Å². The summed E-state index contributed by atoms with van der Waals surface area (Å²) in [4.78, 5) is 25.4. The first-order chi connectivity index (χ1) is 13.1. The van der Waals surface area contributed by atoms with Gasteiger partial charge in [-0.05, 0) is 25.0 Å². The van der Waals surface area contributed by atoms with Crippen LogP contribution in [0.25, 0.3) is 0 Å². The van der Waals surface area contributed by atoms with Crippen molar-refractivity contribution in [2.24, 2.45) is 0 Å². The van der Waals surface area contributed by atoms with Crippen LogP contribution in [0, 0.1) is 0 Å². The number of hydrogen-bond acceptors (Lipinski definition) is 7. The van der Waals surface area contributed by atoms with E-state index in [2.05, 4.69) is 20.2 Å². The Balaban J connectivity index is 1.67. The first-order valence-corrected chi connectivity index (χ1v) is 8.93. The van der Waals surface area contributed by atoms with E-state index in [1.54, 1.807) is 25.4 Å². The molecule has 27 heavy (non-hydrogen) atoms. The highest BCUT2D eigenvalue weighted by molar-refractivity contribution is 5.94. The Morgan fingerprint density at radius 1 is 1.22 bits per heavy atom. The molecule has 0 radical (unpaired) electrons. The van der Waals surface area contributed by atoms with E-state index >= 15 is 0 Å². The minimum atomic E-state index is -0.290. The Morgan fingerprint density at radius 3 is 2.59 bits per heavy atom. The average molecular weight is 371 g/mol. The first kappa shape index (κ1) is 18.8. The lowest BCUT2D eigenvalue weighted by Gasteiger charge is -2.21. The highest BCUT2D eigenvalue weighted by Gasteiger charge is 2.18. The molecule has 0 atom stereocenters. The number of amides is 1. The van der Waals surface area contributed by atoms with E-state index in [1.165, 1.54) is 0 Å². The van der Waals surface area contributed by atoms with Crippen LogP contribution >= 0.6 is 0 Å². The molecule has 3 rings (SSSR count). The van der Waals surface area contributed by atoms with Crippen molar-refractivity contribution in [2.75, 3.05) is 56.0 Å². The van der Waals surface area contributed by atoms with E-state index in [0.29, 0.717) is 29.0 Å². The maximum Gasteiger partial charge on any atom is 0.262 e. The van der Waals surface area contributed by atoms with Crippen molar-refractivity contribution < 1.29 is 14.3 Å². The molecule has 8 heteroatoms. The number of methoxy groups -OCH3 is 1. The molecule has 2 heterocycles. The van der Waals surface area contributed by atoms with Gasteiger partial charge in [-0.15, -0.1) is 0 Å². The number of nitrogens with zero attached hydrogens (tertiary/aromatic N) is 4. The number of benzene rings is 1. The molecule has 1 aliphatic heterocycles. The number of para-hydroxylation sites is 2. The molecule has 1 N–H and O–H groups in total. The van der Waals surface area contributed by atoms with Crippen LogP contribution in [0.4, 0.5) is 17.5 Å². The molecular weight excluding hydrogens is 346 g/mol. The van der Waals surface area contributed by atoms with Crippen LogP contribution < -0.4 is 24.6 Å². The van der Waals surface area contributed by atoms with Crippen LogP contribution in [-0.2, 0) is 4.79 Å². The molecule has 144 valence electrons. The molecular formula is C19H25N5O3. The number of aromatic nitrogens is 2. The van der Waals surface area contributed by atoms with Gasteiger partial charge in [-0.2, -0.15) is 4.98 Å². The summed E-state index contributed by atoms with van der Waals surface area (Å²) in [6.45, 7) is 1.79. The number of rotatable bonds is 7. The van der Waals surface area contributed by atoms with Crippen LogP contribution in [0.15, 0.2) is 30.5 Å². The van der Waals surface area contributed by atoms with Gasteiger partial charge in [-0.3, -0.25) is 4.79 Å². The second-order valence-corrected chi connectivity index (χ2v) is 6.48. The summed E-state index contributed by atoms with van der Waals surface area (Å²) in [6.07, 6.45) is 3.95. The first-order valence-electron chi connectivity index (χ1n) is 8.93. The third kappa shape index (κ3) is 4.58. The molecule has 0 aliphatic carbocycles. The molecule has 0 bridgehead atoms. The van der Waals surface area contributed by atoms with Crippen molar-refractivity contribution >= 4 is 23.4 Å². The fraction of sp³-hybridized carbons (Fsp3) is 0.421. The smallest absolute Gasteiger partial charge is 0.262 e. The zero-order valence-electron chi connectivity index (χ0n) is 15.9. The highest BCUT2D eigenvalue weighted by atomic mass is 16.5. The SMILES string of the molecule is COc1ccccc1OCC(=O)Nc1cnc(N2CCCC2)nc1N(C)C. The van der Waals surface area contributed by atoms with Crippen molar-refractivity contribution in [1.29, 1.82) is 0 Å². The van der Waals surface area contributed by atoms with Gasteiger partial charge < -0.3 is 24.6 Å². The molecule has 2 aromatic rings. The summed E-state index contributed by atoms with van der Waals surface area (Å²) in [5, 5.41) is 2.83. The predicted molar refractivity (Wildman–Crippen MR) is 105 cm³/mol. The van der Waals surface area contributed by atoms with Crippen LogP contribution in [0.5, 0.6) is 11.5 Å². The molecule has 1 aliphatic rings. The fourth-order valence-corrected chi connectivity index (χ4v) is 2.93. The molecule has 1 saturated heterocycles. The standard InChI is InChI=1S/C19H25N5O3/c1-23(2)18-14(12-20-19(22-18)24-10-6-7-11-24)21-17(25)13-27-16-9-5-4-8-15(16)26-3/h4-5,8-9,12H,6-7,10-11,13H2,1-3H3,(H,21,25). The minimum Gasteiger partial charge on any atom is -0.493 e. The van der Waals surface area contributed by atoms with Gasteiger partial charge >= 0.3 is 0 Å². The summed E-state index contributed by atoms with van der Waals surface area (Å²) in [6, 6.07) is 7.20. The van der Waals surface area contributed by atoms with Gasteiger partial charge in [0.1, 0.15) is 5.69 Å². The van der Waals surface area contributed by atoms with E-state index in [1.807, 2.05) is 31.1 Å². The van der Waals surface area contributed by atoms with Crippen LogP contribution in [0.3, 0.4) is 0 Å². The normalized spacial score (nSPS) is 13.4. The summed E-state index contributed by atoms with van der Waals surface area (Å²) < 4.78 is 10.8. The quantitative estimate of drug-likeness (QED) is 0.799. The topological polar surface area (TPSA) is 79.8 Å². The number of carbonyl (C=O) groups excluding carboxylic acids is 1. The largest absolute Gasteiger partial charge is 0.493 e. The monoisotopic (exact) mass is 371 g/mol. The highest BCUT2D eigenvalue weighted by Crippen LogP contribution is 2.27. The summed E-state index contributed by atoms with van der Waals surface area (Å²) in [5.74, 6) is 2.17. The molecule has 1 aromatic carbocycles. The summed E-state index contributed by atoms with van der Waals surface area (Å²) >= 11 is 0. The maximum absolute atomic E-state index is 12.3. The van der Waals surface area contributed by atoms with Gasteiger partial charge in [0.15, 0.2) is 23.9 Å². The van der Waals surface area contributed by atoms with Crippen molar-refractivity contribution in [3.8, 4) is 11.5 Å². The molecule has 0 unspecified atom stereocenters. The van der Waals surface area contributed by atoms with Gasteiger partial charge in [0.2, 0.25) is 5.95 Å². The molecule has 1 fully saturated rings. The van der Waals surface area contributed by atoms with Crippen LogP contribution in [-0.4, -0.2) is 56.8 Å². The molecule has 8 nitrogen and oxygen atoms in total. The van der Waals surface area contributed by atoms with E-state index in [0.717, 1.165) is 25.9 Å². The van der Waals surface area contributed by atoms with E-state index in [9.17, 15) is 4.79 Å². The van der Waals surface area contributed by atoms with Crippen molar-refractivity contribution in [1.82, 2.24) is 9.97 Å².